The Kier molecular flexibility index (Phi) is 3.74. The fourth-order valence-corrected chi connectivity index (χ4v) is 2.02. The first-order chi connectivity index (χ1) is 8.16. The van der Waals surface area contributed by atoms with Gasteiger partial charge >= 0.3 is 0 Å². The lowest BCUT2D eigenvalue weighted by Gasteiger charge is -2.27. The number of aryl methyl sites for hydroxylation is 1. The minimum Gasteiger partial charge on any atom is -0.340 e. The van der Waals surface area contributed by atoms with Gasteiger partial charge in [0.1, 0.15) is 5.82 Å². The summed E-state index contributed by atoms with van der Waals surface area (Å²) < 4.78 is 13.1. The summed E-state index contributed by atoms with van der Waals surface area (Å²) in [6.45, 7) is 4.95. The van der Waals surface area contributed by atoms with Gasteiger partial charge in [-0.05, 0) is 24.1 Å². The highest BCUT2D eigenvalue weighted by atomic mass is 19.1. The van der Waals surface area contributed by atoms with Crippen LogP contribution in [0.3, 0.4) is 0 Å². The maximum absolute atomic E-state index is 13.1. The summed E-state index contributed by atoms with van der Waals surface area (Å²) in [5, 5.41) is 3.21. The zero-order valence-electron chi connectivity index (χ0n) is 10.0. The van der Waals surface area contributed by atoms with E-state index >= 15 is 0 Å². The molecule has 1 aromatic rings. The Labute approximate surface area is 101 Å². The summed E-state index contributed by atoms with van der Waals surface area (Å²) >= 11 is 0. The molecule has 0 atom stereocenters. The number of hydrogen-bond donors (Lipinski definition) is 1. The molecule has 0 aliphatic carbocycles. The first-order valence-corrected chi connectivity index (χ1v) is 5.90. The van der Waals surface area contributed by atoms with E-state index in [-0.39, 0.29) is 11.7 Å². The number of nitrogens with zero attached hydrogens (tertiary/aromatic N) is 1. The lowest BCUT2D eigenvalue weighted by molar-refractivity contribution is -0.131. The van der Waals surface area contributed by atoms with Gasteiger partial charge in [0.15, 0.2) is 0 Å². The minimum atomic E-state index is -0.219. The van der Waals surface area contributed by atoms with Crippen molar-refractivity contribution in [3.8, 4) is 0 Å². The number of carbonyl (C=O) groups is 1. The third kappa shape index (κ3) is 3.03. The van der Waals surface area contributed by atoms with Gasteiger partial charge in [-0.3, -0.25) is 4.79 Å². The molecule has 3 nitrogen and oxygen atoms in total. The number of hydrogen-bond acceptors (Lipinski definition) is 2. The number of rotatable bonds is 2. The van der Waals surface area contributed by atoms with E-state index in [1.807, 2.05) is 4.90 Å². The zero-order valence-corrected chi connectivity index (χ0v) is 10.0. The topological polar surface area (TPSA) is 32.3 Å². The third-order valence-corrected chi connectivity index (χ3v) is 3.05. The number of carbonyl (C=O) groups excluding carboxylic acids is 1. The summed E-state index contributed by atoms with van der Waals surface area (Å²) in [7, 11) is 0. The number of nitrogens with one attached hydrogen (secondary N) is 1. The first kappa shape index (κ1) is 12.0. The fraction of sp³-hybridized carbons (Fsp3) is 0.462. The molecule has 17 heavy (non-hydrogen) atoms. The summed E-state index contributed by atoms with van der Waals surface area (Å²) in [5.41, 5.74) is 1.48. The van der Waals surface area contributed by atoms with Crippen LogP contribution in [-0.2, 0) is 11.2 Å². The lowest BCUT2D eigenvalue weighted by atomic mass is 10.1. The van der Waals surface area contributed by atoms with Crippen LogP contribution in [0, 0.1) is 12.7 Å². The third-order valence-electron chi connectivity index (χ3n) is 3.05. The van der Waals surface area contributed by atoms with Gasteiger partial charge in [-0.2, -0.15) is 0 Å². The van der Waals surface area contributed by atoms with Crippen LogP contribution in [0.4, 0.5) is 4.39 Å². The highest BCUT2D eigenvalue weighted by molar-refractivity contribution is 5.78. The highest BCUT2D eigenvalue weighted by Crippen LogP contribution is 2.11. The molecule has 1 amide bonds. The predicted octanol–water partition coefficient (Wildman–Crippen LogP) is 1.11. The molecule has 0 bridgehead atoms. The summed E-state index contributed by atoms with van der Waals surface area (Å²) in [6.07, 6.45) is 0.362. The molecule has 1 aromatic carbocycles. The van der Waals surface area contributed by atoms with Gasteiger partial charge in [0.05, 0.1) is 6.42 Å². The normalized spacial score (nSPS) is 16.0. The van der Waals surface area contributed by atoms with Crippen LogP contribution < -0.4 is 5.32 Å². The second-order valence-electron chi connectivity index (χ2n) is 4.39. The summed E-state index contributed by atoms with van der Waals surface area (Å²) in [4.78, 5) is 13.8. The Bertz CT molecular complexity index is 414. The van der Waals surface area contributed by atoms with Crippen LogP contribution in [0.5, 0.6) is 0 Å². The lowest BCUT2D eigenvalue weighted by Crippen LogP contribution is -2.46. The van der Waals surface area contributed by atoms with Crippen molar-refractivity contribution in [2.45, 2.75) is 13.3 Å². The zero-order chi connectivity index (χ0) is 12.3. The van der Waals surface area contributed by atoms with Gasteiger partial charge in [0, 0.05) is 26.2 Å². The molecule has 2 rings (SSSR count). The van der Waals surface area contributed by atoms with E-state index in [4.69, 9.17) is 0 Å². The molecule has 0 unspecified atom stereocenters. The van der Waals surface area contributed by atoms with Crippen molar-refractivity contribution in [1.82, 2.24) is 10.2 Å². The van der Waals surface area contributed by atoms with Crippen molar-refractivity contribution in [1.29, 1.82) is 0 Å². The first-order valence-electron chi connectivity index (χ1n) is 5.90. The van der Waals surface area contributed by atoms with E-state index in [9.17, 15) is 9.18 Å². The van der Waals surface area contributed by atoms with Gasteiger partial charge in [0.2, 0.25) is 5.91 Å². The van der Waals surface area contributed by atoms with Crippen molar-refractivity contribution in [2.75, 3.05) is 26.2 Å². The van der Waals surface area contributed by atoms with E-state index in [2.05, 4.69) is 5.32 Å². The maximum Gasteiger partial charge on any atom is 0.227 e. The van der Waals surface area contributed by atoms with E-state index in [1.54, 1.807) is 19.1 Å². The Balaban J connectivity index is 1.99. The van der Waals surface area contributed by atoms with Crippen LogP contribution in [0.2, 0.25) is 0 Å². The molecule has 1 fully saturated rings. The number of halogens is 1. The molecule has 1 N–H and O–H groups in total. The minimum absolute atomic E-state index is 0.123. The van der Waals surface area contributed by atoms with Gasteiger partial charge in [-0.25, -0.2) is 4.39 Å². The van der Waals surface area contributed by atoms with E-state index < -0.39 is 0 Å². The quantitative estimate of drug-likeness (QED) is 0.834. The molecule has 0 saturated carbocycles. The molecule has 0 radical (unpaired) electrons. The van der Waals surface area contributed by atoms with Gasteiger partial charge < -0.3 is 10.2 Å². The predicted molar refractivity (Wildman–Crippen MR) is 64.3 cm³/mol. The molecule has 92 valence electrons. The van der Waals surface area contributed by atoms with Gasteiger partial charge in [0.25, 0.3) is 0 Å². The molecule has 4 heteroatoms. The maximum atomic E-state index is 13.1. The summed E-state index contributed by atoms with van der Waals surface area (Å²) in [6, 6.07) is 4.85. The van der Waals surface area contributed by atoms with Crippen LogP contribution in [0.15, 0.2) is 18.2 Å². The summed E-state index contributed by atoms with van der Waals surface area (Å²) in [5.74, 6) is -0.0964. The Morgan fingerprint density at radius 2 is 2.12 bits per heavy atom. The molecule has 1 heterocycles. The fourth-order valence-electron chi connectivity index (χ4n) is 2.02. The van der Waals surface area contributed by atoms with Gasteiger partial charge in [-0.15, -0.1) is 0 Å². The van der Waals surface area contributed by atoms with Crippen molar-refractivity contribution in [3.63, 3.8) is 0 Å². The SMILES string of the molecule is Cc1cc(CC(=O)N2CCNCC2)ccc1F. The average molecular weight is 236 g/mol. The highest BCUT2D eigenvalue weighted by Gasteiger charge is 2.16. The smallest absolute Gasteiger partial charge is 0.227 e. The Hall–Kier alpha value is -1.42. The molecule has 1 aliphatic heterocycles. The Morgan fingerprint density at radius 1 is 1.41 bits per heavy atom. The van der Waals surface area contributed by atoms with Crippen LogP contribution in [0.1, 0.15) is 11.1 Å². The van der Waals surface area contributed by atoms with Crippen LogP contribution in [0.25, 0.3) is 0 Å². The van der Waals surface area contributed by atoms with Crippen LogP contribution in [-0.4, -0.2) is 37.0 Å². The number of benzene rings is 1. The largest absolute Gasteiger partial charge is 0.340 e. The second kappa shape index (κ2) is 5.27. The molecule has 1 saturated heterocycles. The molecule has 1 aliphatic rings. The van der Waals surface area contributed by atoms with Crippen molar-refractivity contribution >= 4 is 5.91 Å². The van der Waals surface area contributed by atoms with Crippen molar-refractivity contribution in [2.24, 2.45) is 0 Å². The second-order valence-corrected chi connectivity index (χ2v) is 4.39. The van der Waals surface area contributed by atoms with Gasteiger partial charge in [-0.1, -0.05) is 12.1 Å². The monoisotopic (exact) mass is 236 g/mol. The molecular formula is C13H17FN2O. The number of amides is 1. The Morgan fingerprint density at radius 3 is 2.76 bits per heavy atom. The number of piperazine rings is 1. The van der Waals surface area contributed by atoms with E-state index in [0.717, 1.165) is 31.7 Å². The van der Waals surface area contributed by atoms with E-state index in [1.165, 1.54) is 6.07 Å². The molecular weight excluding hydrogens is 219 g/mol. The van der Waals surface area contributed by atoms with Crippen molar-refractivity contribution in [3.05, 3.63) is 35.1 Å². The van der Waals surface area contributed by atoms with Crippen molar-refractivity contribution < 1.29 is 9.18 Å². The molecule has 0 aromatic heterocycles. The van der Waals surface area contributed by atoms with E-state index in [0.29, 0.717) is 12.0 Å². The average Bonchev–Trinajstić information content (AvgIpc) is 2.35. The molecule has 0 spiro atoms. The van der Waals surface area contributed by atoms with Crippen LogP contribution >= 0.6 is 0 Å². The standard InChI is InChI=1S/C13H17FN2O/c1-10-8-11(2-3-12(10)14)9-13(17)16-6-4-15-5-7-16/h2-3,8,15H,4-7,9H2,1H3.